The van der Waals surface area contributed by atoms with Gasteiger partial charge in [0.2, 0.25) is 0 Å². The molecule has 0 aromatic heterocycles. The Morgan fingerprint density at radius 1 is 1.29 bits per heavy atom. The Morgan fingerprint density at radius 2 is 2.00 bits per heavy atom. The first-order valence-electron chi connectivity index (χ1n) is 7.60. The second-order valence-corrected chi connectivity index (χ2v) is 5.07. The maximum atomic E-state index is 12.0. The van der Waals surface area contributed by atoms with E-state index in [-0.39, 0.29) is 5.91 Å². The normalized spacial score (nSPS) is 11.7. The fourth-order valence-electron chi connectivity index (χ4n) is 1.97. The molecule has 0 spiro atoms. The number of amides is 1. The highest BCUT2D eigenvalue weighted by Gasteiger charge is 2.14. The number of ether oxygens (including phenoxy) is 1. The monoisotopic (exact) mass is 288 g/mol. The predicted molar refractivity (Wildman–Crippen MR) is 84.0 cm³/mol. The van der Waals surface area contributed by atoms with Crippen LogP contribution >= 0.6 is 0 Å². The minimum Gasteiger partial charge on any atom is -0.369 e. The maximum Gasteiger partial charge on any atom is 0.253 e. The van der Waals surface area contributed by atoms with Crippen LogP contribution < -0.4 is 5.32 Å². The van der Waals surface area contributed by atoms with Crippen molar-refractivity contribution in [1.29, 1.82) is 5.26 Å². The van der Waals surface area contributed by atoms with Gasteiger partial charge in [-0.2, -0.15) is 5.26 Å². The molecule has 0 fully saturated rings. The van der Waals surface area contributed by atoms with Crippen LogP contribution in [0.15, 0.2) is 24.3 Å². The highest BCUT2D eigenvalue weighted by Crippen LogP contribution is 2.14. The number of hydrogen-bond donors (Lipinski definition) is 1. The predicted octanol–water partition coefficient (Wildman–Crippen LogP) is 3.87. The Labute approximate surface area is 127 Å². The van der Waals surface area contributed by atoms with Crippen molar-refractivity contribution in [2.75, 3.05) is 11.9 Å². The van der Waals surface area contributed by atoms with Gasteiger partial charge in [-0.15, -0.1) is 0 Å². The molecule has 1 aromatic carbocycles. The molecule has 1 atom stereocenters. The number of anilines is 1. The van der Waals surface area contributed by atoms with Crippen molar-refractivity contribution < 1.29 is 9.53 Å². The molecule has 0 aliphatic rings. The van der Waals surface area contributed by atoms with E-state index in [1.54, 1.807) is 31.2 Å². The van der Waals surface area contributed by atoms with Gasteiger partial charge < -0.3 is 10.1 Å². The molecule has 4 heteroatoms. The Balaban J connectivity index is 2.33. The summed E-state index contributed by atoms with van der Waals surface area (Å²) in [6.45, 7) is 4.51. The molecule has 0 aliphatic heterocycles. The summed E-state index contributed by atoms with van der Waals surface area (Å²) in [4.78, 5) is 12.0. The molecule has 114 valence electrons. The standard InChI is InChI=1S/C17H24N2O2/c1-3-4-5-6-9-12-21-14(2)17(20)19-16-11-8-7-10-15(16)13-18/h7-8,10-11,14H,3-6,9,12H2,1-2H3,(H,19,20). The maximum absolute atomic E-state index is 12.0. The van der Waals surface area contributed by atoms with Crippen molar-refractivity contribution in [3.63, 3.8) is 0 Å². The number of carbonyl (C=O) groups is 1. The van der Waals surface area contributed by atoms with Crippen LogP contribution in [0.25, 0.3) is 0 Å². The van der Waals surface area contributed by atoms with Crippen LogP contribution in [0.1, 0.15) is 51.5 Å². The first kappa shape index (κ1) is 17.2. The van der Waals surface area contributed by atoms with Crippen LogP contribution in [0.2, 0.25) is 0 Å². The van der Waals surface area contributed by atoms with E-state index in [1.807, 2.05) is 0 Å². The first-order chi connectivity index (χ1) is 10.2. The van der Waals surface area contributed by atoms with E-state index in [2.05, 4.69) is 18.3 Å². The minimum atomic E-state index is -0.511. The summed E-state index contributed by atoms with van der Waals surface area (Å²) in [7, 11) is 0. The average molecular weight is 288 g/mol. The number of para-hydroxylation sites is 1. The van der Waals surface area contributed by atoms with E-state index in [1.165, 1.54) is 19.3 Å². The smallest absolute Gasteiger partial charge is 0.253 e. The van der Waals surface area contributed by atoms with Gasteiger partial charge in [-0.05, 0) is 25.5 Å². The number of carbonyl (C=O) groups excluding carboxylic acids is 1. The summed E-state index contributed by atoms with van der Waals surface area (Å²) < 4.78 is 5.53. The number of benzene rings is 1. The quantitative estimate of drug-likeness (QED) is 0.701. The van der Waals surface area contributed by atoms with Crippen molar-refractivity contribution in [1.82, 2.24) is 0 Å². The zero-order valence-corrected chi connectivity index (χ0v) is 12.9. The summed E-state index contributed by atoms with van der Waals surface area (Å²) in [6.07, 6.45) is 5.30. The number of hydrogen-bond acceptors (Lipinski definition) is 3. The van der Waals surface area contributed by atoms with Gasteiger partial charge in [0.05, 0.1) is 11.3 Å². The van der Waals surface area contributed by atoms with Crippen molar-refractivity contribution in [3.8, 4) is 6.07 Å². The van der Waals surface area contributed by atoms with Crippen LogP contribution in [0.4, 0.5) is 5.69 Å². The van der Waals surface area contributed by atoms with Gasteiger partial charge in [-0.25, -0.2) is 0 Å². The lowest BCUT2D eigenvalue weighted by Crippen LogP contribution is -2.28. The third kappa shape index (κ3) is 6.42. The van der Waals surface area contributed by atoms with E-state index in [0.717, 1.165) is 12.8 Å². The van der Waals surface area contributed by atoms with Gasteiger partial charge in [0.1, 0.15) is 12.2 Å². The fourth-order valence-corrected chi connectivity index (χ4v) is 1.97. The highest BCUT2D eigenvalue weighted by atomic mass is 16.5. The van der Waals surface area contributed by atoms with E-state index in [4.69, 9.17) is 10.00 Å². The topological polar surface area (TPSA) is 62.1 Å². The van der Waals surface area contributed by atoms with Crippen molar-refractivity contribution in [2.24, 2.45) is 0 Å². The van der Waals surface area contributed by atoms with Gasteiger partial charge >= 0.3 is 0 Å². The Kier molecular flexibility index (Phi) is 8.15. The lowest BCUT2D eigenvalue weighted by Gasteiger charge is -2.14. The van der Waals surface area contributed by atoms with E-state index < -0.39 is 6.10 Å². The van der Waals surface area contributed by atoms with Gasteiger partial charge in [0.15, 0.2) is 0 Å². The molecule has 1 amide bonds. The third-order valence-electron chi connectivity index (χ3n) is 3.29. The molecule has 1 N–H and O–H groups in total. The zero-order valence-electron chi connectivity index (χ0n) is 12.9. The van der Waals surface area contributed by atoms with Crippen molar-refractivity contribution >= 4 is 11.6 Å². The molecule has 1 rings (SSSR count). The molecule has 21 heavy (non-hydrogen) atoms. The molecule has 0 bridgehead atoms. The number of nitrogens with one attached hydrogen (secondary N) is 1. The molecule has 0 saturated carbocycles. The van der Waals surface area contributed by atoms with Crippen molar-refractivity contribution in [3.05, 3.63) is 29.8 Å². The summed E-state index contributed by atoms with van der Waals surface area (Å²) in [5, 5.41) is 11.7. The molecule has 0 heterocycles. The number of unbranched alkanes of at least 4 members (excludes halogenated alkanes) is 4. The summed E-state index contributed by atoms with van der Waals surface area (Å²) in [5.41, 5.74) is 0.987. The minimum absolute atomic E-state index is 0.216. The average Bonchev–Trinajstić information content (AvgIpc) is 2.51. The number of nitriles is 1. The highest BCUT2D eigenvalue weighted by molar-refractivity contribution is 5.95. The van der Waals surface area contributed by atoms with Gasteiger partial charge in [-0.3, -0.25) is 4.79 Å². The Bertz CT molecular complexity index is 480. The molecule has 0 saturated heterocycles. The second kappa shape index (κ2) is 9.95. The molecule has 0 aliphatic carbocycles. The SMILES string of the molecule is CCCCCCCOC(C)C(=O)Nc1ccccc1C#N. The summed E-state index contributed by atoms with van der Waals surface area (Å²) in [5.74, 6) is -0.216. The first-order valence-corrected chi connectivity index (χ1v) is 7.60. The van der Waals surface area contributed by atoms with Crippen LogP contribution in [-0.4, -0.2) is 18.6 Å². The molecule has 1 aromatic rings. The zero-order chi connectivity index (χ0) is 15.5. The number of rotatable bonds is 9. The largest absolute Gasteiger partial charge is 0.369 e. The third-order valence-corrected chi connectivity index (χ3v) is 3.29. The Hall–Kier alpha value is -1.86. The molecule has 4 nitrogen and oxygen atoms in total. The Morgan fingerprint density at radius 3 is 2.71 bits per heavy atom. The van der Waals surface area contributed by atoms with Crippen LogP contribution in [-0.2, 0) is 9.53 Å². The van der Waals surface area contributed by atoms with Crippen LogP contribution in [0.3, 0.4) is 0 Å². The lowest BCUT2D eigenvalue weighted by molar-refractivity contribution is -0.126. The lowest BCUT2D eigenvalue weighted by atomic mass is 10.2. The molecular formula is C17H24N2O2. The van der Waals surface area contributed by atoms with E-state index >= 15 is 0 Å². The number of nitrogens with zero attached hydrogens (tertiary/aromatic N) is 1. The summed E-state index contributed by atoms with van der Waals surface area (Å²) >= 11 is 0. The van der Waals surface area contributed by atoms with Gasteiger partial charge in [-0.1, -0.05) is 44.7 Å². The second-order valence-electron chi connectivity index (χ2n) is 5.07. The fraction of sp³-hybridized carbons (Fsp3) is 0.529. The summed E-state index contributed by atoms with van der Waals surface area (Å²) in [6, 6.07) is 9.00. The van der Waals surface area contributed by atoms with E-state index in [0.29, 0.717) is 17.9 Å². The van der Waals surface area contributed by atoms with Crippen LogP contribution in [0, 0.1) is 11.3 Å². The molecule has 0 radical (unpaired) electrons. The van der Waals surface area contributed by atoms with Crippen LogP contribution in [0.5, 0.6) is 0 Å². The van der Waals surface area contributed by atoms with E-state index in [9.17, 15) is 4.79 Å². The van der Waals surface area contributed by atoms with Gasteiger partial charge in [0.25, 0.3) is 5.91 Å². The molecular weight excluding hydrogens is 264 g/mol. The molecule has 1 unspecified atom stereocenters. The van der Waals surface area contributed by atoms with Crippen molar-refractivity contribution in [2.45, 2.75) is 52.1 Å². The van der Waals surface area contributed by atoms with Gasteiger partial charge in [0, 0.05) is 6.61 Å².